The Balaban J connectivity index is 0.882. The van der Waals surface area contributed by atoms with Crippen LogP contribution in [0.4, 0.5) is 0 Å². The highest BCUT2D eigenvalue weighted by molar-refractivity contribution is 7.25. The molecule has 276 valence electrons. The maximum atomic E-state index is 4.99. The molecular formula is C51H31N7S. The van der Waals surface area contributed by atoms with Crippen molar-refractivity contribution in [2.24, 2.45) is 0 Å². The van der Waals surface area contributed by atoms with E-state index in [2.05, 4.69) is 126 Å². The number of hydrogen-bond acceptors (Lipinski definition) is 8. The van der Waals surface area contributed by atoms with E-state index >= 15 is 0 Å². The molecule has 0 saturated carbocycles. The molecule has 0 radical (unpaired) electrons. The first kappa shape index (κ1) is 34.4. The van der Waals surface area contributed by atoms with Crippen LogP contribution in [0, 0.1) is 0 Å². The van der Waals surface area contributed by atoms with Gasteiger partial charge < -0.3 is 0 Å². The van der Waals surface area contributed by atoms with Gasteiger partial charge in [0.2, 0.25) is 0 Å². The third-order valence-electron chi connectivity index (χ3n) is 10.5. The Morgan fingerprint density at radius 1 is 0.305 bits per heavy atom. The molecule has 8 heteroatoms. The molecule has 0 atom stereocenters. The van der Waals surface area contributed by atoms with Crippen LogP contribution in [0.5, 0.6) is 0 Å². The molecule has 4 heterocycles. The smallest absolute Gasteiger partial charge is 0.164 e. The first-order chi connectivity index (χ1) is 29.2. The van der Waals surface area contributed by atoms with Crippen LogP contribution in [0.25, 0.3) is 110 Å². The molecule has 7 nitrogen and oxygen atoms in total. The van der Waals surface area contributed by atoms with Crippen LogP contribution in [0.3, 0.4) is 0 Å². The monoisotopic (exact) mass is 773 g/mol. The minimum Gasteiger partial charge on any atom is -0.241 e. The average Bonchev–Trinajstić information content (AvgIpc) is 3.69. The minimum atomic E-state index is 0.624. The average molecular weight is 774 g/mol. The summed E-state index contributed by atoms with van der Waals surface area (Å²) in [6.45, 7) is 0. The minimum absolute atomic E-state index is 0.624. The summed E-state index contributed by atoms with van der Waals surface area (Å²) in [4.78, 5) is 34.8. The van der Waals surface area contributed by atoms with Crippen LogP contribution < -0.4 is 0 Å². The van der Waals surface area contributed by atoms with Crippen LogP contribution >= 0.6 is 11.3 Å². The van der Waals surface area contributed by atoms with E-state index in [0.29, 0.717) is 17.5 Å². The Hall–Kier alpha value is -7.81. The van der Waals surface area contributed by atoms with Crippen molar-refractivity contribution in [3.8, 4) is 78.8 Å². The highest BCUT2D eigenvalue weighted by atomic mass is 32.1. The predicted molar refractivity (Wildman–Crippen MR) is 239 cm³/mol. The van der Waals surface area contributed by atoms with Crippen LogP contribution in [0.1, 0.15) is 0 Å². The van der Waals surface area contributed by atoms with Gasteiger partial charge in [0.15, 0.2) is 17.5 Å². The number of hydrogen-bond donors (Lipinski definition) is 0. The zero-order chi connectivity index (χ0) is 39.1. The fourth-order valence-electron chi connectivity index (χ4n) is 7.45. The summed E-state index contributed by atoms with van der Waals surface area (Å²) < 4.78 is 0.984. The lowest BCUT2D eigenvalue weighted by Gasteiger charge is -2.10. The molecule has 0 aliphatic heterocycles. The second-order valence-corrected chi connectivity index (χ2v) is 15.2. The second-order valence-electron chi connectivity index (χ2n) is 14.2. The van der Waals surface area contributed by atoms with Crippen molar-refractivity contribution < 1.29 is 0 Å². The second kappa shape index (κ2) is 14.6. The van der Waals surface area contributed by atoms with Gasteiger partial charge in [-0.3, -0.25) is 0 Å². The molecule has 0 bridgehead atoms. The Bertz CT molecular complexity index is 3300. The van der Waals surface area contributed by atoms with Gasteiger partial charge in [-0.05, 0) is 51.6 Å². The SMILES string of the molecule is c1ccc(-c2ccc(-c3nc(-c4ccccc4)nc(-c4ccc(-c5cccc(-c6ccc(-c7ncnc8c7sc7nc9ccccc9nc78)cc6)c5)cc4)n3)cc2)cc1. The zero-order valence-corrected chi connectivity index (χ0v) is 32.3. The van der Waals surface area contributed by atoms with Crippen molar-refractivity contribution in [3.63, 3.8) is 0 Å². The number of nitrogens with zero attached hydrogens (tertiary/aromatic N) is 7. The lowest BCUT2D eigenvalue weighted by molar-refractivity contribution is 1.07. The van der Waals surface area contributed by atoms with E-state index in [1.165, 1.54) is 5.56 Å². The van der Waals surface area contributed by atoms with Gasteiger partial charge >= 0.3 is 0 Å². The van der Waals surface area contributed by atoms with Crippen LogP contribution in [0.15, 0.2) is 188 Å². The topological polar surface area (TPSA) is 90.2 Å². The zero-order valence-electron chi connectivity index (χ0n) is 31.4. The fourth-order valence-corrected chi connectivity index (χ4v) is 8.54. The van der Waals surface area contributed by atoms with Crippen LogP contribution in [0.2, 0.25) is 0 Å². The van der Waals surface area contributed by atoms with Gasteiger partial charge in [0.25, 0.3) is 0 Å². The number of benzene rings is 7. The van der Waals surface area contributed by atoms with Gasteiger partial charge in [-0.15, -0.1) is 11.3 Å². The van der Waals surface area contributed by atoms with E-state index in [-0.39, 0.29) is 0 Å². The van der Waals surface area contributed by atoms with E-state index < -0.39 is 0 Å². The van der Waals surface area contributed by atoms with Gasteiger partial charge in [0.05, 0.1) is 21.4 Å². The quantitative estimate of drug-likeness (QED) is 0.159. The molecule has 0 aliphatic rings. The molecule has 0 saturated heterocycles. The summed E-state index contributed by atoms with van der Waals surface area (Å²) >= 11 is 1.59. The van der Waals surface area contributed by atoms with E-state index in [1.54, 1.807) is 17.7 Å². The summed E-state index contributed by atoms with van der Waals surface area (Å²) in [6, 6.07) is 62.4. The number of thiophene rings is 1. The molecule has 0 spiro atoms. The molecule has 59 heavy (non-hydrogen) atoms. The number of aromatic nitrogens is 7. The molecule has 11 aromatic rings. The Labute approximate surface area is 343 Å². The molecule has 0 aliphatic carbocycles. The third kappa shape index (κ3) is 6.57. The van der Waals surface area contributed by atoms with E-state index in [1.807, 2.05) is 60.7 Å². The maximum absolute atomic E-state index is 4.99. The van der Waals surface area contributed by atoms with Crippen molar-refractivity contribution in [1.82, 2.24) is 34.9 Å². The molecule has 7 aromatic carbocycles. The lowest BCUT2D eigenvalue weighted by Crippen LogP contribution is -2.00. The van der Waals surface area contributed by atoms with Crippen molar-refractivity contribution >= 4 is 42.9 Å². The summed E-state index contributed by atoms with van der Waals surface area (Å²) in [6.07, 6.45) is 1.62. The molecule has 0 unspecified atom stereocenters. The number of para-hydroxylation sites is 2. The molecule has 4 aromatic heterocycles. The third-order valence-corrected chi connectivity index (χ3v) is 11.6. The normalized spacial score (nSPS) is 11.4. The number of rotatable bonds is 7. The Morgan fingerprint density at radius 3 is 1.31 bits per heavy atom. The fraction of sp³-hybridized carbons (Fsp3) is 0. The lowest BCUT2D eigenvalue weighted by atomic mass is 9.97. The van der Waals surface area contributed by atoms with Gasteiger partial charge in [0.1, 0.15) is 22.2 Å². The van der Waals surface area contributed by atoms with Crippen molar-refractivity contribution in [1.29, 1.82) is 0 Å². The summed E-state index contributed by atoms with van der Waals surface area (Å²) in [7, 11) is 0. The van der Waals surface area contributed by atoms with Crippen LogP contribution in [-0.2, 0) is 0 Å². The van der Waals surface area contributed by atoms with E-state index in [9.17, 15) is 0 Å². The molecule has 11 rings (SSSR count). The van der Waals surface area contributed by atoms with E-state index in [4.69, 9.17) is 29.9 Å². The van der Waals surface area contributed by atoms with Crippen molar-refractivity contribution in [2.75, 3.05) is 0 Å². The van der Waals surface area contributed by atoms with Gasteiger partial charge in [0, 0.05) is 22.3 Å². The van der Waals surface area contributed by atoms with Crippen molar-refractivity contribution in [2.45, 2.75) is 0 Å². The largest absolute Gasteiger partial charge is 0.241 e. The van der Waals surface area contributed by atoms with Gasteiger partial charge in [-0.25, -0.2) is 34.9 Å². The van der Waals surface area contributed by atoms with Gasteiger partial charge in [-0.1, -0.05) is 164 Å². The van der Waals surface area contributed by atoms with Gasteiger partial charge in [-0.2, -0.15) is 0 Å². The molecule has 0 fully saturated rings. The van der Waals surface area contributed by atoms with E-state index in [0.717, 1.165) is 87.4 Å². The Kier molecular flexibility index (Phi) is 8.52. The molecule has 0 amide bonds. The maximum Gasteiger partial charge on any atom is 0.164 e. The highest BCUT2D eigenvalue weighted by Gasteiger charge is 2.17. The standard InChI is InChI=1S/C51H31N7S/c1-3-10-32(11-4-1)33-20-26-38(27-21-33)49-56-48(37-12-5-2-6-13-37)57-50(58-49)39-28-22-35(23-29-39)41-15-9-14-40(30-41)34-18-24-36(25-19-34)44-47-45(53-31-52-44)46-51(59-47)55-43-17-8-7-16-42(43)54-46/h1-31H. The Morgan fingerprint density at radius 2 is 0.729 bits per heavy atom. The summed E-state index contributed by atoms with van der Waals surface area (Å²) in [5, 5.41) is 0. The van der Waals surface area contributed by atoms with Crippen LogP contribution in [-0.4, -0.2) is 34.9 Å². The number of fused-ring (bicyclic) bond motifs is 4. The first-order valence-corrected chi connectivity index (χ1v) is 20.1. The molecular weight excluding hydrogens is 743 g/mol. The highest BCUT2D eigenvalue weighted by Crippen LogP contribution is 2.38. The van der Waals surface area contributed by atoms with Crippen molar-refractivity contribution in [3.05, 3.63) is 188 Å². The first-order valence-electron chi connectivity index (χ1n) is 19.3. The predicted octanol–water partition coefficient (Wildman–Crippen LogP) is 12.6. The molecule has 0 N–H and O–H groups in total. The summed E-state index contributed by atoms with van der Waals surface area (Å²) in [5.41, 5.74) is 14.8. The summed E-state index contributed by atoms with van der Waals surface area (Å²) in [5.74, 6) is 1.89.